The molecular weight excluding hydrogens is 953 g/mol. The summed E-state index contributed by atoms with van der Waals surface area (Å²) in [5.41, 5.74) is 2.26. The van der Waals surface area contributed by atoms with E-state index in [1.165, 1.54) is 60.1 Å². The average Bonchev–Trinajstić information content (AvgIpc) is 3.27. The van der Waals surface area contributed by atoms with E-state index in [0.717, 1.165) is 11.5 Å². The first-order valence-corrected chi connectivity index (χ1v) is 24.2. The van der Waals surface area contributed by atoms with Crippen molar-refractivity contribution in [1.82, 2.24) is 0 Å². The van der Waals surface area contributed by atoms with Gasteiger partial charge in [0, 0.05) is 27.2 Å². The molecule has 6 aromatic carbocycles. The van der Waals surface area contributed by atoms with Crippen LogP contribution in [0.15, 0.2) is 158 Å². The van der Waals surface area contributed by atoms with Crippen molar-refractivity contribution in [3.63, 3.8) is 0 Å². The van der Waals surface area contributed by atoms with Gasteiger partial charge in [0.05, 0.1) is 0 Å². The van der Waals surface area contributed by atoms with Crippen LogP contribution in [0.2, 0.25) is 0 Å². The molecular formula is C44H32BrO6P2Re. The smallest absolute Gasteiger partial charge is 0.281 e. The SMILES string of the molecule is CC1(C)c2cccc(P(c3ccccc3)c3ccccc3)c2Oc2c(P(c3ccccc3)c3ccccc3)cccc21.[Br][Re].[C]=O.[C]=O.[C]=O.[C]=O.[C]=O. The second-order valence-corrected chi connectivity index (χ2v) is 15.4. The minimum absolute atomic E-state index is 0.225. The Morgan fingerprint density at radius 2 is 0.648 bits per heavy atom. The number of carbonyl (C=O) groups excluding carboxylic acids is 5. The van der Waals surface area contributed by atoms with Crippen LogP contribution in [0.5, 0.6) is 11.5 Å². The number of benzene rings is 6. The average molecular weight is 985 g/mol. The fourth-order valence-corrected chi connectivity index (χ4v) is 10.8. The third-order valence-corrected chi connectivity index (χ3v) is 13.0. The fraction of sp³-hybridized carbons (Fsp3) is 0.0682. The number of ether oxygens (including phenoxy) is 1. The summed E-state index contributed by atoms with van der Waals surface area (Å²) in [5.74, 6) is 2.02. The number of fused-ring (bicyclic) bond motifs is 2. The van der Waals surface area contributed by atoms with E-state index in [4.69, 9.17) is 28.7 Å². The maximum Gasteiger partial charge on any atom is 0.281 e. The number of hydrogen-bond donors (Lipinski definition) is 0. The molecule has 0 N–H and O–H groups in total. The molecule has 0 atom stereocenters. The first kappa shape index (κ1) is 47.5. The van der Waals surface area contributed by atoms with Gasteiger partial charge in [-0.15, -0.1) is 0 Å². The Bertz CT molecular complexity index is 1710. The second-order valence-electron chi connectivity index (χ2n) is 11.0. The van der Waals surface area contributed by atoms with Crippen LogP contribution >= 0.6 is 29.3 Å². The predicted molar refractivity (Wildman–Crippen MR) is 220 cm³/mol. The molecule has 268 valence electrons. The third kappa shape index (κ3) is 11.2. The maximum absolute atomic E-state index is 7.50. The van der Waals surface area contributed by atoms with Crippen LogP contribution in [0.25, 0.3) is 0 Å². The Morgan fingerprint density at radius 1 is 0.407 bits per heavy atom. The molecule has 54 heavy (non-hydrogen) atoms. The molecule has 0 fully saturated rings. The molecule has 7 rings (SSSR count). The molecule has 1 aliphatic heterocycles. The molecule has 0 unspecified atom stereocenters. The van der Waals surface area contributed by atoms with E-state index in [9.17, 15) is 0 Å². The monoisotopic (exact) mass is 984 g/mol. The van der Waals surface area contributed by atoms with E-state index >= 15 is 0 Å². The van der Waals surface area contributed by atoms with Gasteiger partial charge in [-0.05, 0) is 37.1 Å². The van der Waals surface area contributed by atoms with Crippen LogP contribution in [0.4, 0.5) is 0 Å². The zero-order valence-corrected chi connectivity index (χ0v) is 35.2. The van der Waals surface area contributed by atoms with Gasteiger partial charge in [-0.3, -0.25) is 24.0 Å². The summed E-state index contributed by atoms with van der Waals surface area (Å²) < 4.78 is 7.26. The third-order valence-electron chi connectivity index (χ3n) is 8.08. The van der Waals surface area contributed by atoms with E-state index in [1.807, 2.05) is 0 Å². The van der Waals surface area contributed by atoms with Crippen LogP contribution in [-0.4, -0.2) is 33.9 Å². The molecule has 10 heteroatoms. The Hall–Kier alpha value is -4.53. The first-order valence-electron chi connectivity index (χ1n) is 15.5. The summed E-state index contributed by atoms with van der Waals surface area (Å²) in [6.45, 7) is 27.2. The molecule has 0 amide bonds. The fourth-order valence-electron chi connectivity index (χ4n) is 6.01. The maximum atomic E-state index is 7.50. The van der Waals surface area contributed by atoms with Gasteiger partial charge in [0.25, 0.3) is 33.9 Å². The molecule has 0 spiro atoms. The number of para-hydroxylation sites is 2. The quantitative estimate of drug-likeness (QED) is 0.177. The van der Waals surface area contributed by atoms with Gasteiger partial charge in [-0.1, -0.05) is 172 Å². The van der Waals surface area contributed by atoms with Crippen molar-refractivity contribution in [1.29, 1.82) is 0 Å². The summed E-state index contributed by atoms with van der Waals surface area (Å²) in [6.07, 6.45) is 0. The van der Waals surface area contributed by atoms with E-state index < -0.39 is 15.8 Å². The largest absolute Gasteiger partial charge is 0.281 e. The van der Waals surface area contributed by atoms with Crippen molar-refractivity contribution in [2.75, 3.05) is 0 Å². The summed E-state index contributed by atoms with van der Waals surface area (Å²) in [7, 11) is -1.65. The molecule has 0 aromatic heterocycles. The summed E-state index contributed by atoms with van der Waals surface area (Å²) in [4.78, 5) is 37.5. The number of halogens is 1. The summed E-state index contributed by atoms with van der Waals surface area (Å²) >= 11 is 4.53. The van der Waals surface area contributed by atoms with Gasteiger partial charge < -0.3 is 4.74 Å². The molecule has 10 radical (unpaired) electrons. The Balaban J connectivity index is 0.00000111. The van der Waals surface area contributed by atoms with Gasteiger partial charge in [-0.2, -0.15) is 0 Å². The molecule has 6 aromatic rings. The molecule has 0 aliphatic carbocycles. The van der Waals surface area contributed by atoms with Crippen LogP contribution < -0.4 is 36.6 Å². The molecule has 0 bridgehead atoms. The first-order chi connectivity index (χ1) is 26.6. The zero-order valence-electron chi connectivity index (χ0n) is 29.1. The van der Waals surface area contributed by atoms with Gasteiger partial charge in [0.1, 0.15) is 11.5 Å². The zero-order chi connectivity index (χ0) is 40.5. The van der Waals surface area contributed by atoms with Crippen molar-refractivity contribution < 1.29 is 45.9 Å². The Morgan fingerprint density at radius 3 is 0.889 bits per heavy atom. The number of hydrogen-bond acceptors (Lipinski definition) is 6. The van der Waals surface area contributed by atoms with Crippen molar-refractivity contribution in [2.45, 2.75) is 19.3 Å². The van der Waals surface area contributed by atoms with Gasteiger partial charge in [-0.25, -0.2) is 0 Å². The standard InChI is InChI=1S/C39H32OP2.5CO.BrH.Re/c1-39(2)33-25-15-27-35(41(29-17-7-3-8-18-29)30-19-9-4-10-20-30)37(33)40-38-34(39)26-16-28-36(38)42(31-21-11-5-12-22-31)32-23-13-6-14-24-32;5*1-2;;/h3-28H,1-2H3;;;;;;1H;/q;;;;;;;+1/p-1. The topological polar surface area (TPSA) is 94.6 Å². The van der Waals surface area contributed by atoms with Gasteiger partial charge >= 0.3 is 30.6 Å². The van der Waals surface area contributed by atoms with Crippen molar-refractivity contribution in [3.05, 3.63) is 169 Å². The Labute approximate surface area is 338 Å². The van der Waals surface area contributed by atoms with Crippen LogP contribution in [0.1, 0.15) is 25.0 Å². The van der Waals surface area contributed by atoms with E-state index in [-0.39, 0.29) is 5.41 Å². The normalized spacial score (nSPS) is 10.9. The summed E-state index contributed by atoms with van der Waals surface area (Å²) in [5, 5.41) is 7.81. The van der Waals surface area contributed by atoms with Crippen molar-refractivity contribution in [3.8, 4) is 11.5 Å². The predicted octanol–water partition coefficient (Wildman–Crippen LogP) is 6.49. The molecule has 6 nitrogen and oxygen atoms in total. The van der Waals surface area contributed by atoms with Crippen LogP contribution in [-0.2, 0) is 46.6 Å². The molecule has 1 aliphatic rings. The van der Waals surface area contributed by atoms with E-state index in [1.54, 1.807) is 0 Å². The Kier molecular flexibility index (Phi) is 23.1. The van der Waals surface area contributed by atoms with Crippen molar-refractivity contribution in [2.24, 2.45) is 0 Å². The number of rotatable bonds is 6. The minimum Gasteiger partial charge on any atom is -0.281 e. The van der Waals surface area contributed by atoms with Gasteiger partial charge in [0.15, 0.2) is 0 Å². The molecule has 0 saturated carbocycles. The molecule has 1 heterocycles. The van der Waals surface area contributed by atoms with E-state index in [0.29, 0.717) is 0 Å². The van der Waals surface area contributed by atoms with Crippen LogP contribution in [0, 0.1) is 0 Å². The van der Waals surface area contributed by atoms with Gasteiger partial charge in [0.2, 0.25) is 0 Å². The summed E-state index contributed by atoms with van der Waals surface area (Å²) in [6, 6.07) is 57.2. The van der Waals surface area contributed by atoms with Crippen LogP contribution in [0.3, 0.4) is 0 Å². The van der Waals surface area contributed by atoms with Crippen molar-refractivity contribution >= 4 is 95.0 Å². The van der Waals surface area contributed by atoms with E-state index in [2.05, 4.69) is 219 Å². The second kappa shape index (κ2) is 26.3. The molecule has 0 saturated heterocycles. The minimum atomic E-state index is -0.824.